The van der Waals surface area contributed by atoms with E-state index in [-0.39, 0.29) is 0 Å². The molecule has 0 unspecified atom stereocenters. The van der Waals surface area contributed by atoms with Gasteiger partial charge in [-0.25, -0.2) is 4.98 Å². The lowest BCUT2D eigenvalue weighted by Crippen LogP contribution is -2.02. The Morgan fingerprint density at radius 2 is 2.21 bits per heavy atom. The molecule has 0 fully saturated rings. The summed E-state index contributed by atoms with van der Waals surface area (Å²) in [5.41, 5.74) is 1.15. The summed E-state index contributed by atoms with van der Waals surface area (Å²) in [5.74, 6) is 1.36. The minimum absolute atomic E-state index is 0.482. The Morgan fingerprint density at radius 1 is 1.43 bits per heavy atom. The van der Waals surface area contributed by atoms with E-state index < -0.39 is 0 Å². The van der Waals surface area contributed by atoms with E-state index in [1.807, 2.05) is 6.20 Å². The lowest BCUT2D eigenvalue weighted by molar-refractivity contribution is 0.0588. The molecule has 4 nitrogen and oxygen atoms in total. The third-order valence-electron chi connectivity index (χ3n) is 1.94. The average molecular weight is 198 g/mol. The van der Waals surface area contributed by atoms with Gasteiger partial charge in [-0.2, -0.15) is 0 Å². The van der Waals surface area contributed by atoms with Gasteiger partial charge < -0.3 is 14.5 Å². The van der Waals surface area contributed by atoms with E-state index in [4.69, 9.17) is 9.47 Å². The standard InChI is InChI=1S/C10H18N2O2/c1-8(2)9-6-11-10(12-9)7-14-5-4-13-3/h6,8H,4-5,7H2,1-3H3,(H,11,12). The quantitative estimate of drug-likeness (QED) is 0.708. The summed E-state index contributed by atoms with van der Waals surface area (Å²) in [4.78, 5) is 7.43. The van der Waals surface area contributed by atoms with Gasteiger partial charge in [0.1, 0.15) is 12.4 Å². The number of hydrogen-bond acceptors (Lipinski definition) is 3. The predicted molar refractivity (Wildman–Crippen MR) is 54.2 cm³/mol. The number of nitrogens with zero attached hydrogens (tertiary/aromatic N) is 1. The van der Waals surface area contributed by atoms with E-state index in [1.165, 1.54) is 0 Å². The summed E-state index contributed by atoms with van der Waals surface area (Å²) in [6.45, 7) is 6.01. The van der Waals surface area contributed by atoms with E-state index in [1.54, 1.807) is 7.11 Å². The monoisotopic (exact) mass is 198 g/mol. The SMILES string of the molecule is COCCOCc1ncc(C(C)C)[nH]1. The van der Waals surface area contributed by atoms with Crippen LogP contribution in [-0.4, -0.2) is 30.3 Å². The molecule has 0 radical (unpaired) electrons. The van der Waals surface area contributed by atoms with Crippen LogP contribution in [-0.2, 0) is 16.1 Å². The van der Waals surface area contributed by atoms with Crippen molar-refractivity contribution in [3.63, 3.8) is 0 Å². The fraction of sp³-hybridized carbons (Fsp3) is 0.700. The highest BCUT2D eigenvalue weighted by molar-refractivity contribution is 5.04. The summed E-state index contributed by atoms with van der Waals surface area (Å²) in [7, 11) is 1.66. The fourth-order valence-corrected chi connectivity index (χ4v) is 1.06. The zero-order valence-corrected chi connectivity index (χ0v) is 9.04. The van der Waals surface area contributed by atoms with Crippen molar-refractivity contribution in [3.8, 4) is 0 Å². The Kier molecular flexibility index (Phi) is 4.62. The minimum atomic E-state index is 0.482. The van der Waals surface area contributed by atoms with Crippen LogP contribution >= 0.6 is 0 Å². The third kappa shape index (κ3) is 3.47. The van der Waals surface area contributed by atoms with E-state index in [2.05, 4.69) is 23.8 Å². The van der Waals surface area contributed by atoms with Gasteiger partial charge in [0.05, 0.1) is 13.2 Å². The molecule has 0 aliphatic carbocycles. The molecule has 0 aromatic carbocycles. The number of aromatic amines is 1. The normalized spacial score (nSPS) is 11.1. The summed E-state index contributed by atoms with van der Waals surface area (Å²) in [5, 5.41) is 0. The molecule has 80 valence electrons. The second-order valence-corrected chi connectivity index (χ2v) is 3.49. The van der Waals surface area contributed by atoms with Gasteiger partial charge in [0.15, 0.2) is 0 Å². The van der Waals surface area contributed by atoms with Gasteiger partial charge >= 0.3 is 0 Å². The third-order valence-corrected chi connectivity index (χ3v) is 1.94. The molecular formula is C10H18N2O2. The van der Waals surface area contributed by atoms with Gasteiger partial charge in [-0.05, 0) is 5.92 Å². The van der Waals surface area contributed by atoms with Crippen molar-refractivity contribution in [2.45, 2.75) is 26.4 Å². The Labute approximate surface area is 84.6 Å². The molecule has 1 N–H and O–H groups in total. The number of ether oxygens (including phenoxy) is 2. The van der Waals surface area contributed by atoms with E-state index >= 15 is 0 Å². The topological polar surface area (TPSA) is 47.1 Å². The Morgan fingerprint density at radius 3 is 2.79 bits per heavy atom. The van der Waals surface area contributed by atoms with Crippen LogP contribution in [0.5, 0.6) is 0 Å². The van der Waals surface area contributed by atoms with Crippen molar-refractivity contribution in [1.29, 1.82) is 0 Å². The molecule has 1 rings (SSSR count). The maximum atomic E-state index is 5.33. The molecule has 0 atom stereocenters. The largest absolute Gasteiger partial charge is 0.382 e. The second-order valence-electron chi connectivity index (χ2n) is 3.49. The van der Waals surface area contributed by atoms with E-state index in [0.717, 1.165) is 11.5 Å². The molecule has 0 spiro atoms. The molecule has 1 heterocycles. The smallest absolute Gasteiger partial charge is 0.132 e. The molecule has 1 aromatic heterocycles. The summed E-state index contributed by atoms with van der Waals surface area (Å²) in [6, 6.07) is 0. The first-order valence-corrected chi connectivity index (χ1v) is 4.84. The maximum absolute atomic E-state index is 5.33. The molecule has 4 heteroatoms. The second kappa shape index (κ2) is 5.78. The first-order valence-electron chi connectivity index (χ1n) is 4.84. The van der Waals surface area contributed by atoms with Crippen LogP contribution in [0.1, 0.15) is 31.3 Å². The lowest BCUT2D eigenvalue weighted by Gasteiger charge is -2.01. The van der Waals surface area contributed by atoms with Crippen LogP contribution in [0.2, 0.25) is 0 Å². The van der Waals surface area contributed by atoms with Gasteiger partial charge in [0.2, 0.25) is 0 Å². The van der Waals surface area contributed by atoms with Gasteiger partial charge in [-0.15, -0.1) is 0 Å². The number of methoxy groups -OCH3 is 1. The Hall–Kier alpha value is -0.870. The minimum Gasteiger partial charge on any atom is -0.382 e. The highest BCUT2D eigenvalue weighted by Gasteiger charge is 2.03. The van der Waals surface area contributed by atoms with E-state index in [0.29, 0.717) is 25.7 Å². The molecular weight excluding hydrogens is 180 g/mol. The highest BCUT2D eigenvalue weighted by Crippen LogP contribution is 2.10. The van der Waals surface area contributed by atoms with Crippen molar-refractivity contribution in [2.75, 3.05) is 20.3 Å². The Balaban J connectivity index is 2.29. The highest BCUT2D eigenvalue weighted by atomic mass is 16.5. The van der Waals surface area contributed by atoms with Gasteiger partial charge in [0.25, 0.3) is 0 Å². The molecule has 0 aliphatic rings. The number of imidazole rings is 1. The van der Waals surface area contributed by atoms with Gasteiger partial charge in [0, 0.05) is 19.0 Å². The lowest BCUT2D eigenvalue weighted by atomic mass is 10.2. The summed E-state index contributed by atoms with van der Waals surface area (Å²) < 4.78 is 10.2. The number of hydrogen-bond donors (Lipinski definition) is 1. The first-order chi connectivity index (χ1) is 6.74. The number of nitrogens with one attached hydrogen (secondary N) is 1. The molecule has 0 aliphatic heterocycles. The molecule has 14 heavy (non-hydrogen) atoms. The van der Waals surface area contributed by atoms with Crippen molar-refractivity contribution in [1.82, 2.24) is 9.97 Å². The Bertz CT molecular complexity index is 258. The van der Waals surface area contributed by atoms with Crippen LogP contribution in [0.25, 0.3) is 0 Å². The number of rotatable bonds is 6. The van der Waals surface area contributed by atoms with Crippen LogP contribution in [0.4, 0.5) is 0 Å². The number of aromatic nitrogens is 2. The molecule has 0 saturated carbocycles. The van der Waals surface area contributed by atoms with Crippen molar-refractivity contribution in [2.24, 2.45) is 0 Å². The van der Waals surface area contributed by atoms with Crippen molar-refractivity contribution >= 4 is 0 Å². The van der Waals surface area contributed by atoms with Crippen LogP contribution < -0.4 is 0 Å². The maximum Gasteiger partial charge on any atom is 0.132 e. The fourth-order valence-electron chi connectivity index (χ4n) is 1.06. The molecule has 1 aromatic rings. The van der Waals surface area contributed by atoms with Gasteiger partial charge in [-0.3, -0.25) is 0 Å². The predicted octanol–water partition coefficient (Wildman–Crippen LogP) is 1.70. The van der Waals surface area contributed by atoms with Crippen LogP contribution in [0, 0.1) is 0 Å². The van der Waals surface area contributed by atoms with E-state index in [9.17, 15) is 0 Å². The summed E-state index contributed by atoms with van der Waals surface area (Å²) in [6.07, 6.45) is 1.86. The first kappa shape index (κ1) is 11.2. The van der Waals surface area contributed by atoms with Crippen LogP contribution in [0.15, 0.2) is 6.20 Å². The zero-order chi connectivity index (χ0) is 10.4. The zero-order valence-electron chi connectivity index (χ0n) is 9.04. The molecule has 0 saturated heterocycles. The van der Waals surface area contributed by atoms with Gasteiger partial charge in [-0.1, -0.05) is 13.8 Å². The van der Waals surface area contributed by atoms with Crippen molar-refractivity contribution in [3.05, 3.63) is 17.7 Å². The van der Waals surface area contributed by atoms with Crippen molar-refractivity contribution < 1.29 is 9.47 Å². The molecule has 0 bridgehead atoms. The van der Waals surface area contributed by atoms with Crippen LogP contribution in [0.3, 0.4) is 0 Å². The average Bonchev–Trinajstić information content (AvgIpc) is 2.61. The molecule has 0 amide bonds. The number of H-pyrrole nitrogens is 1. The summed E-state index contributed by atoms with van der Waals surface area (Å²) >= 11 is 0.